The van der Waals surface area contributed by atoms with Crippen molar-refractivity contribution >= 4 is 15.7 Å². The van der Waals surface area contributed by atoms with Crippen LogP contribution in [0.5, 0.6) is 17.2 Å². The first-order valence-electron chi connectivity index (χ1n) is 9.62. The van der Waals surface area contributed by atoms with Crippen LogP contribution in [0.25, 0.3) is 0 Å². The van der Waals surface area contributed by atoms with E-state index in [2.05, 4.69) is 0 Å². The molecule has 29 heavy (non-hydrogen) atoms. The lowest BCUT2D eigenvalue weighted by Crippen LogP contribution is -2.52. The van der Waals surface area contributed by atoms with Gasteiger partial charge in [0.15, 0.2) is 17.2 Å². The number of hydrogen-bond acceptors (Lipinski definition) is 5. The minimum Gasteiger partial charge on any atom is -0.493 e. The molecule has 1 fully saturated rings. The molecule has 1 aliphatic heterocycles. The van der Waals surface area contributed by atoms with Gasteiger partial charge in [-0.3, -0.25) is 0 Å². The fraction of sp³-hybridized carbons (Fsp3) is 0.273. The second-order valence-corrected chi connectivity index (χ2v) is 9.60. The molecule has 6 nitrogen and oxygen atoms in total. The molecule has 4 rings (SSSR count). The van der Waals surface area contributed by atoms with Crippen molar-refractivity contribution in [2.24, 2.45) is 5.73 Å². The summed E-state index contributed by atoms with van der Waals surface area (Å²) in [6, 6.07) is 14.6. The number of quaternary nitrogens is 1. The summed E-state index contributed by atoms with van der Waals surface area (Å²) in [5.41, 5.74) is 7.31. The molecule has 2 N–H and O–H groups in total. The van der Waals surface area contributed by atoms with Gasteiger partial charge in [0.05, 0.1) is 7.11 Å². The normalized spacial score (nSPS) is 21.5. The molecule has 0 saturated heterocycles. The van der Waals surface area contributed by atoms with E-state index in [1.54, 1.807) is 25.4 Å². The van der Waals surface area contributed by atoms with Crippen molar-refractivity contribution in [1.29, 1.82) is 0 Å². The summed E-state index contributed by atoms with van der Waals surface area (Å²) >= 11 is 0. The highest BCUT2D eigenvalue weighted by molar-refractivity contribution is 7.92. The van der Waals surface area contributed by atoms with Gasteiger partial charge < -0.3 is 15.2 Å². The van der Waals surface area contributed by atoms with Crippen molar-refractivity contribution in [3.8, 4) is 17.2 Å². The Morgan fingerprint density at radius 1 is 1.07 bits per heavy atom. The fourth-order valence-corrected chi connectivity index (χ4v) is 5.83. The second kappa shape index (κ2) is 7.67. The third-order valence-corrected chi connectivity index (χ3v) is 7.98. The molecular weight excluding hydrogens is 388 g/mol. The van der Waals surface area contributed by atoms with Crippen molar-refractivity contribution in [2.75, 3.05) is 20.2 Å². The van der Waals surface area contributed by atoms with Crippen LogP contribution in [0.1, 0.15) is 12.8 Å². The predicted molar refractivity (Wildman–Crippen MR) is 114 cm³/mol. The number of para-hydroxylation sites is 2. The quantitative estimate of drug-likeness (QED) is 0.700. The number of nitrogens with two attached hydrogens (primary N) is 1. The number of hydrogen-bond donors (Lipinski definition) is 1. The van der Waals surface area contributed by atoms with Crippen LogP contribution in [0.2, 0.25) is 0 Å². The Morgan fingerprint density at radius 2 is 1.76 bits per heavy atom. The topological polar surface area (TPSA) is 78.6 Å². The van der Waals surface area contributed by atoms with E-state index >= 15 is 0 Å². The van der Waals surface area contributed by atoms with Crippen molar-refractivity contribution < 1.29 is 17.9 Å². The fourth-order valence-electron chi connectivity index (χ4n) is 3.58. The number of rotatable bonds is 7. The summed E-state index contributed by atoms with van der Waals surface area (Å²) < 4.78 is 37.8. The van der Waals surface area contributed by atoms with Crippen molar-refractivity contribution in [3.05, 3.63) is 72.5 Å². The Morgan fingerprint density at radius 3 is 2.38 bits per heavy atom. The molecule has 0 bridgehead atoms. The largest absolute Gasteiger partial charge is 0.493 e. The molecule has 2 aromatic carbocycles. The maximum atomic E-state index is 13.4. The number of benzene rings is 2. The van der Waals surface area contributed by atoms with Crippen molar-refractivity contribution in [1.82, 2.24) is 3.89 Å². The SMILES string of the molecule is COc1ccccc1Oc1ccc([N+]2(S(=O)(=O)C3CC3)C=C(CN)C=CC2)cc1. The monoisotopic (exact) mass is 413 g/mol. The van der Waals surface area contributed by atoms with Gasteiger partial charge in [0.2, 0.25) is 0 Å². The maximum Gasteiger partial charge on any atom is 0.309 e. The molecule has 152 valence electrons. The van der Waals surface area contributed by atoms with Crippen LogP contribution >= 0.6 is 0 Å². The predicted octanol–water partition coefficient (Wildman–Crippen LogP) is 3.70. The first-order chi connectivity index (χ1) is 14.0. The third-order valence-electron chi connectivity index (χ3n) is 5.29. The van der Waals surface area contributed by atoms with Crippen LogP contribution in [-0.4, -0.2) is 33.9 Å². The zero-order chi connectivity index (χ0) is 20.5. The lowest BCUT2D eigenvalue weighted by atomic mass is 10.2. The van der Waals surface area contributed by atoms with Gasteiger partial charge in [-0.25, -0.2) is 0 Å². The highest BCUT2D eigenvalue weighted by Gasteiger charge is 2.52. The van der Waals surface area contributed by atoms with Crippen LogP contribution in [-0.2, 0) is 10.0 Å². The molecule has 2 aliphatic rings. The summed E-state index contributed by atoms with van der Waals surface area (Å²) in [7, 11) is -1.84. The number of nitrogens with zero attached hydrogens (tertiary/aromatic N) is 1. The van der Waals surface area contributed by atoms with Crippen LogP contribution in [0.4, 0.5) is 5.69 Å². The van der Waals surface area contributed by atoms with Gasteiger partial charge >= 0.3 is 10.0 Å². The first-order valence-corrected chi connectivity index (χ1v) is 11.1. The zero-order valence-electron chi connectivity index (χ0n) is 16.3. The average molecular weight is 414 g/mol. The van der Waals surface area contributed by atoms with Gasteiger partial charge in [-0.05, 0) is 43.2 Å². The Kier molecular flexibility index (Phi) is 5.21. The summed E-state index contributed by atoms with van der Waals surface area (Å²) in [5, 5.41) is -0.297. The smallest absolute Gasteiger partial charge is 0.309 e. The van der Waals surface area contributed by atoms with Crippen LogP contribution < -0.4 is 19.1 Å². The van der Waals surface area contributed by atoms with Gasteiger partial charge in [-0.15, -0.1) is 0 Å². The molecule has 0 radical (unpaired) electrons. The van der Waals surface area contributed by atoms with E-state index in [0.717, 1.165) is 5.57 Å². The average Bonchev–Trinajstić information content (AvgIpc) is 3.60. The molecule has 1 heterocycles. The number of ether oxygens (including phenoxy) is 2. The molecule has 1 aliphatic carbocycles. The second-order valence-electron chi connectivity index (χ2n) is 7.25. The molecule has 1 atom stereocenters. The zero-order valence-corrected chi connectivity index (χ0v) is 17.1. The molecule has 0 amide bonds. The number of sulfonamides is 1. The van der Waals surface area contributed by atoms with E-state index in [9.17, 15) is 8.42 Å². The maximum absolute atomic E-state index is 13.4. The molecular formula is C22H25N2O4S+. The van der Waals surface area contributed by atoms with Gasteiger partial charge in [-0.2, -0.15) is 12.3 Å². The van der Waals surface area contributed by atoms with E-state index in [1.165, 1.54) is 0 Å². The van der Waals surface area contributed by atoms with E-state index < -0.39 is 10.0 Å². The summed E-state index contributed by atoms with van der Waals surface area (Å²) in [5.74, 6) is 1.84. The Labute approximate surface area is 171 Å². The van der Waals surface area contributed by atoms with Gasteiger partial charge in [0, 0.05) is 24.3 Å². The first kappa shape index (κ1) is 19.7. The summed E-state index contributed by atoms with van der Waals surface area (Å²) in [6.45, 7) is 0.654. The van der Waals surface area contributed by atoms with Crippen molar-refractivity contribution in [2.45, 2.75) is 18.1 Å². The highest BCUT2D eigenvalue weighted by atomic mass is 32.2. The van der Waals surface area contributed by atoms with Crippen molar-refractivity contribution in [3.63, 3.8) is 0 Å². The minimum absolute atomic E-state index is 0.227. The van der Waals surface area contributed by atoms with Gasteiger partial charge in [0.1, 0.15) is 23.7 Å². The van der Waals surface area contributed by atoms with Crippen LogP contribution in [0, 0.1) is 0 Å². The molecule has 0 spiro atoms. The Balaban J connectivity index is 1.70. The Bertz CT molecular complexity index is 1060. The molecule has 7 heteroatoms. The minimum atomic E-state index is -3.44. The van der Waals surface area contributed by atoms with E-state index in [4.69, 9.17) is 15.2 Å². The molecule has 0 aromatic heterocycles. The lowest BCUT2D eigenvalue weighted by Gasteiger charge is -2.34. The number of methoxy groups -OCH3 is 1. The lowest BCUT2D eigenvalue weighted by molar-refractivity contribution is 0.379. The van der Waals surface area contributed by atoms with E-state index in [0.29, 0.717) is 48.9 Å². The van der Waals surface area contributed by atoms with E-state index in [-0.39, 0.29) is 9.14 Å². The summed E-state index contributed by atoms with van der Waals surface area (Å²) in [6.07, 6.45) is 7.00. The van der Waals surface area contributed by atoms with Gasteiger partial charge in [0.25, 0.3) is 0 Å². The van der Waals surface area contributed by atoms with Gasteiger partial charge in [-0.1, -0.05) is 18.2 Å². The highest BCUT2D eigenvalue weighted by Crippen LogP contribution is 2.42. The standard InChI is InChI=1S/C22H25N2O4S/c1-27-21-6-2-3-7-22(21)28-19-10-8-18(9-11-19)24(29(25,26)20-12-13-20)14-4-5-17(15-23)16-24/h2-11,16,20H,12-15,23H2,1H3/q+1. The summed E-state index contributed by atoms with van der Waals surface area (Å²) in [4.78, 5) is 0. The Hall–Kier alpha value is -2.61. The third kappa shape index (κ3) is 3.57. The molecule has 1 unspecified atom stereocenters. The molecule has 1 saturated carbocycles. The van der Waals surface area contributed by atoms with E-state index in [1.807, 2.05) is 48.6 Å². The molecule has 2 aromatic rings. The van der Waals surface area contributed by atoms with Crippen LogP contribution in [0.15, 0.2) is 72.5 Å². The van der Waals surface area contributed by atoms with Crippen LogP contribution in [0.3, 0.4) is 0 Å².